The maximum absolute atomic E-state index is 12.8. The normalized spacial score (nSPS) is 19.8. The predicted octanol–water partition coefficient (Wildman–Crippen LogP) is 1.56. The van der Waals surface area contributed by atoms with E-state index in [1.54, 1.807) is 29.1 Å². The lowest BCUT2D eigenvalue weighted by Crippen LogP contribution is -2.44. The number of rotatable bonds is 4. The number of piperidine rings is 1. The number of hydrogen-bond acceptors (Lipinski definition) is 4. The van der Waals surface area contributed by atoms with Crippen molar-refractivity contribution in [2.24, 2.45) is 0 Å². The molecule has 0 saturated carbocycles. The fourth-order valence-electron chi connectivity index (χ4n) is 4.16. The Morgan fingerprint density at radius 2 is 1.82 bits per heavy atom. The number of amides is 1. The van der Waals surface area contributed by atoms with Crippen molar-refractivity contribution in [1.29, 1.82) is 0 Å². The molecule has 0 aliphatic carbocycles. The number of carbonyl (C=O) groups is 1. The van der Waals surface area contributed by atoms with E-state index in [1.165, 1.54) is 4.31 Å². The van der Waals surface area contributed by atoms with Gasteiger partial charge in [-0.2, -0.15) is 22.1 Å². The molecule has 2 aliphatic heterocycles. The zero-order valence-corrected chi connectivity index (χ0v) is 17.2. The van der Waals surface area contributed by atoms with Gasteiger partial charge in [-0.15, -0.1) is 0 Å². The molecular weight excluding hydrogens is 378 g/mol. The van der Waals surface area contributed by atoms with E-state index in [9.17, 15) is 13.2 Å². The van der Waals surface area contributed by atoms with E-state index >= 15 is 0 Å². The SMILES string of the molecule is CN(C)S(=O)(=O)N1CCC(c2ccn3ncc(C(=O)N4CCCC4)c3c2)CC1. The van der Waals surface area contributed by atoms with Crippen molar-refractivity contribution >= 4 is 21.6 Å². The van der Waals surface area contributed by atoms with E-state index in [4.69, 9.17) is 0 Å². The fraction of sp³-hybridized carbons (Fsp3) is 0.579. The van der Waals surface area contributed by atoms with Crippen LogP contribution in [0.2, 0.25) is 0 Å². The van der Waals surface area contributed by atoms with Crippen LogP contribution < -0.4 is 0 Å². The van der Waals surface area contributed by atoms with Crippen LogP contribution in [0.25, 0.3) is 5.52 Å². The Bertz CT molecular complexity index is 971. The molecule has 0 radical (unpaired) electrons. The monoisotopic (exact) mass is 405 g/mol. The van der Waals surface area contributed by atoms with E-state index in [2.05, 4.69) is 11.2 Å². The van der Waals surface area contributed by atoms with Crippen LogP contribution in [0.3, 0.4) is 0 Å². The van der Waals surface area contributed by atoms with Crippen molar-refractivity contribution in [1.82, 2.24) is 23.1 Å². The van der Waals surface area contributed by atoms with Gasteiger partial charge in [-0.1, -0.05) is 0 Å². The number of fused-ring (bicyclic) bond motifs is 1. The van der Waals surface area contributed by atoms with Crippen molar-refractivity contribution in [2.75, 3.05) is 40.3 Å². The quantitative estimate of drug-likeness (QED) is 0.773. The molecule has 0 atom stereocenters. The standard InChI is InChI=1S/C19H27N5O3S/c1-21(2)28(26,27)23-10-5-15(6-11-23)16-7-12-24-18(13-16)17(14-20-24)19(25)22-8-3-4-9-22/h7,12-15H,3-6,8-11H2,1-2H3. The van der Waals surface area contributed by atoms with Crippen molar-refractivity contribution in [2.45, 2.75) is 31.6 Å². The van der Waals surface area contributed by atoms with E-state index in [0.29, 0.717) is 18.7 Å². The van der Waals surface area contributed by atoms with Crippen molar-refractivity contribution in [3.63, 3.8) is 0 Å². The minimum atomic E-state index is -3.36. The van der Waals surface area contributed by atoms with Crippen LogP contribution in [0.1, 0.15) is 47.5 Å². The molecule has 1 amide bonds. The molecule has 0 aromatic carbocycles. The Morgan fingerprint density at radius 1 is 1.14 bits per heavy atom. The smallest absolute Gasteiger partial charge is 0.281 e. The van der Waals surface area contributed by atoms with Crippen LogP contribution >= 0.6 is 0 Å². The average Bonchev–Trinajstić information content (AvgIpc) is 3.37. The molecule has 28 heavy (non-hydrogen) atoms. The Kier molecular flexibility index (Phi) is 5.15. The number of likely N-dealkylation sites (tertiary alicyclic amines) is 1. The lowest BCUT2D eigenvalue weighted by Gasteiger charge is -2.33. The molecule has 152 valence electrons. The summed E-state index contributed by atoms with van der Waals surface area (Å²) in [4.78, 5) is 14.7. The number of aromatic nitrogens is 2. The van der Waals surface area contributed by atoms with E-state index in [0.717, 1.165) is 49.9 Å². The third-order valence-electron chi connectivity index (χ3n) is 5.88. The molecule has 2 aliphatic rings. The first-order valence-corrected chi connectivity index (χ1v) is 11.2. The van der Waals surface area contributed by atoms with Crippen LogP contribution in [0, 0.1) is 0 Å². The molecule has 2 aromatic rings. The number of nitrogens with zero attached hydrogens (tertiary/aromatic N) is 5. The first kappa shape index (κ1) is 19.4. The van der Waals surface area contributed by atoms with Gasteiger partial charge in [-0.25, -0.2) is 4.52 Å². The summed E-state index contributed by atoms with van der Waals surface area (Å²) in [7, 11) is -0.230. The zero-order valence-electron chi connectivity index (χ0n) is 16.4. The second kappa shape index (κ2) is 7.46. The summed E-state index contributed by atoms with van der Waals surface area (Å²) < 4.78 is 29.2. The van der Waals surface area contributed by atoms with E-state index in [1.807, 2.05) is 17.2 Å². The van der Waals surface area contributed by atoms with Crippen LogP contribution in [0.4, 0.5) is 0 Å². The molecule has 0 spiro atoms. The predicted molar refractivity (Wildman–Crippen MR) is 106 cm³/mol. The van der Waals surface area contributed by atoms with E-state index in [-0.39, 0.29) is 11.8 Å². The highest BCUT2D eigenvalue weighted by Gasteiger charge is 2.30. The van der Waals surface area contributed by atoms with E-state index < -0.39 is 10.2 Å². The van der Waals surface area contributed by atoms with Crippen LogP contribution in [-0.2, 0) is 10.2 Å². The maximum Gasteiger partial charge on any atom is 0.281 e. The molecule has 9 heteroatoms. The van der Waals surface area contributed by atoms with Gasteiger partial charge in [0.05, 0.1) is 17.3 Å². The molecule has 2 fully saturated rings. The molecule has 0 bridgehead atoms. The topological polar surface area (TPSA) is 78.2 Å². The summed E-state index contributed by atoms with van der Waals surface area (Å²) in [5.74, 6) is 0.333. The molecule has 2 aromatic heterocycles. The second-order valence-corrected chi connectivity index (χ2v) is 9.95. The van der Waals surface area contributed by atoms with Crippen LogP contribution in [-0.4, -0.2) is 77.7 Å². The molecular formula is C19H27N5O3S. The number of carbonyl (C=O) groups excluding carboxylic acids is 1. The highest BCUT2D eigenvalue weighted by Crippen LogP contribution is 2.31. The minimum Gasteiger partial charge on any atom is -0.339 e. The highest BCUT2D eigenvalue weighted by molar-refractivity contribution is 7.86. The molecule has 2 saturated heterocycles. The van der Waals surface area contributed by atoms with Gasteiger partial charge in [0, 0.05) is 46.5 Å². The van der Waals surface area contributed by atoms with Gasteiger partial charge in [0.25, 0.3) is 16.1 Å². The average molecular weight is 406 g/mol. The lowest BCUT2D eigenvalue weighted by atomic mass is 9.90. The maximum atomic E-state index is 12.8. The first-order chi connectivity index (χ1) is 13.4. The summed E-state index contributed by atoms with van der Waals surface area (Å²) in [5, 5.41) is 4.34. The zero-order chi connectivity index (χ0) is 19.9. The Morgan fingerprint density at radius 3 is 2.46 bits per heavy atom. The molecule has 4 rings (SSSR count). The minimum absolute atomic E-state index is 0.0524. The van der Waals surface area contributed by atoms with Gasteiger partial charge in [0.15, 0.2) is 0 Å². The van der Waals surface area contributed by atoms with Crippen molar-refractivity contribution < 1.29 is 13.2 Å². The molecule has 8 nitrogen and oxygen atoms in total. The summed E-state index contributed by atoms with van der Waals surface area (Å²) in [6.07, 6.45) is 7.22. The van der Waals surface area contributed by atoms with Gasteiger partial charge in [-0.3, -0.25) is 4.79 Å². The largest absolute Gasteiger partial charge is 0.339 e. The van der Waals surface area contributed by atoms with Crippen molar-refractivity contribution in [3.8, 4) is 0 Å². The van der Waals surface area contributed by atoms with Gasteiger partial charge in [0.2, 0.25) is 0 Å². The third kappa shape index (κ3) is 3.42. The number of hydrogen-bond donors (Lipinski definition) is 0. The molecule has 4 heterocycles. The summed E-state index contributed by atoms with van der Waals surface area (Å²) in [6, 6.07) is 4.09. The number of pyridine rings is 1. The van der Waals surface area contributed by atoms with Crippen LogP contribution in [0.5, 0.6) is 0 Å². The molecule has 0 N–H and O–H groups in total. The Labute approximate surface area is 165 Å². The second-order valence-electron chi connectivity index (χ2n) is 7.81. The Balaban J connectivity index is 1.54. The van der Waals surface area contributed by atoms with Gasteiger partial charge >= 0.3 is 0 Å². The summed E-state index contributed by atoms with van der Waals surface area (Å²) >= 11 is 0. The first-order valence-electron chi connectivity index (χ1n) is 9.82. The molecule has 0 unspecified atom stereocenters. The van der Waals surface area contributed by atoms with Gasteiger partial charge < -0.3 is 4.90 Å². The summed E-state index contributed by atoms with van der Waals surface area (Å²) in [6.45, 7) is 2.65. The van der Waals surface area contributed by atoms with Gasteiger partial charge in [-0.05, 0) is 49.3 Å². The van der Waals surface area contributed by atoms with Crippen LogP contribution in [0.15, 0.2) is 24.5 Å². The lowest BCUT2D eigenvalue weighted by molar-refractivity contribution is 0.0794. The highest BCUT2D eigenvalue weighted by atomic mass is 32.2. The summed E-state index contributed by atoms with van der Waals surface area (Å²) in [5.41, 5.74) is 2.62. The van der Waals surface area contributed by atoms with Crippen molar-refractivity contribution in [3.05, 3.63) is 35.7 Å². The fourth-order valence-corrected chi connectivity index (χ4v) is 5.29. The third-order valence-corrected chi connectivity index (χ3v) is 7.82. The van der Waals surface area contributed by atoms with Gasteiger partial charge in [0.1, 0.15) is 0 Å². The Hall–Kier alpha value is -1.97.